The molecule has 0 aliphatic carbocycles. The number of imidazole rings is 3. The Balaban J connectivity index is 0.000000183. The van der Waals surface area contributed by atoms with Crippen LogP contribution in [0.1, 0.15) is 119 Å². The molecule has 45 heteroatoms. The summed E-state index contributed by atoms with van der Waals surface area (Å²) in [7, 11) is 13.1. The van der Waals surface area contributed by atoms with Crippen LogP contribution in [0.15, 0.2) is 109 Å². The molecule has 0 saturated carbocycles. The molecule has 1 amide bonds. The Bertz CT molecular complexity index is 6290. The number of aromatic amines is 1. The second-order valence-electron chi connectivity index (χ2n) is 28.7. The van der Waals surface area contributed by atoms with E-state index < -0.39 is 23.9 Å². The van der Waals surface area contributed by atoms with Crippen molar-refractivity contribution in [3.63, 3.8) is 0 Å². The Morgan fingerprint density at radius 3 is 1.42 bits per heavy atom. The Hall–Kier alpha value is -15.8. The fourth-order valence-corrected chi connectivity index (χ4v) is 13.3. The summed E-state index contributed by atoms with van der Waals surface area (Å²) in [5, 5.41) is 48.6. The van der Waals surface area contributed by atoms with Crippen molar-refractivity contribution in [2.45, 2.75) is 86.6 Å². The van der Waals surface area contributed by atoms with Crippen LogP contribution in [-0.4, -0.2) is 246 Å². The highest BCUT2D eigenvalue weighted by atomic mass is 35.5. The maximum atomic E-state index is 12.7. The summed E-state index contributed by atoms with van der Waals surface area (Å²) in [6.45, 7) is 18.3. The van der Waals surface area contributed by atoms with Crippen molar-refractivity contribution in [2.24, 2.45) is 0 Å². The number of carboxylic acids is 1. The number of aromatic hydroxyl groups is 3. The maximum Gasteiger partial charge on any atom is 0.341 e. The lowest BCUT2D eigenvalue weighted by molar-refractivity contribution is -0.117. The number of aromatic nitrogens is 14. The van der Waals surface area contributed by atoms with Gasteiger partial charge in [0.1, 0.15) is 73.9 Å². The number of nitrogens with two attached hydrogens (primary N) is 4. The van der Waals surface area contributed by atoms with E-state index in [9.17, 15) is 39.3 Å². The highest BCUT2D eigenvalue weighted by Crippen LogP contribution is 2.37. The molecule has 0 bridgehead atoms. The fraction of sp³-hybridized carbons (Fsp3) is 0.333. The minimum absolute atomic E-state index is 0.0400. The molecule has 0 atom stereocenters. The predicted molar refractivity (Wildman–Crippen MR) is 498 cm³/mol. The third kappa shape index (κ3) is 26.7. The highest BCUT2D eigenvalue weighted by Gasteiger charge is 2.33. The quantitative estimate of drug-likeness (QED) is 0.0123. The zero-order valence-electron chi connectivity index (χ0n) is 77.0. The molecule has 15 rings (SSSR count). The zero-order valence-corrected chi connectivity index (χ0v) is 77.7. The van der Waals surface area contributed by atoms with E-state index in [-0.39, 0.29) is 88.4 Å². The lowest BCUT2D eigenvalue weighted by Crippen LogP contribution is -2.35. The number of ether oxygens (including phenoxy) is 13. The van der Waals surface area contributed by atoms with Crippen LogP contribution in [0.25, 0.3) is 33.5 Å². The van der Waals surface area contributed by atoms with Gasteiger partial charge in [-0.15, -0.1) is 11.6 Å². The van der Waals surface area contributed by atoms with Crippen molar-refractivity contribution in [2.75, 3.05) is 150 Å². The van der Waals surface area contributed by atoms with Gasteiger partial charge in [0.15, 0.2) is 45.4 Å². The maximum absolute atomic E-state index is 12.7. The monoisotopic (exact) mass is 1890 g/mol. The number of nitrogens with zero attached hydrogens (tertiary/aromatic N) is 15. The number of methoxy groups -OCH3 is 9. The number of phenols is 3. The number of hydrogen-bond donors (Lipinski definition) is 11. The molecule has 7 aromatic heterocycles. The number of carbonyl (C=O) groups is 5. The summed E-state index contributed by atoms with van der Waals surface area (Å²) in [6, 6.07) is 32.2. The molecule has 44 nitrogen and oxygen atoms in total. The van der Waals surface area contributed by atoms with Gasteiger partial charge in [-0.25, -0.2) is 19.2 Å². The van der Waals surface area contributed by atoms with Gasteiger partial charge in [-0.3, -0.25) is 23.7 Å². The van der Waals surface area contributed by atoms with E-state index in [0.717, 1.165) is 84.1 Å². The topological polar surface area (TPSA) is 597 Å². The number of morpholine rings is 1. The van der Waals surface area contributed by atoms with Crippen LogP contribution < -0.4 is 75.8 Å². The molecular formula is C90H108ClN21O23. The zero-order chi connectivity index (χ0) is 98.3. The Labute approximate surface area is 779 Å². The van der Waals surface area contributed by atoms with E-state index in [1.165, 1.54) is 86.2 Å². The molecule has 13 aromatic rings. The first kappa shape index (κ1) is 103. The summed E-state index contributed by atoms with van der Waals surface area (Å²) >= 11 is 5.54. The molecule has 15 N–H and O–H groups in total. The largest absolute Gasteiger partial charge is 0.507 e. The van der Waals surface area contributed by atoms with Crippen LogP contribution in [0.3, 0.4) is 0 Å². The number of fused-ring (bicyclic) bond motifs is 4. The first-order valence-corrected chi connectivity index (χ1v) is 42.1. The number of carboxylic acid groups (broad SMARTS) is 1. The summed E-state index contributed by atoms with van der Waals surface area (Å²) in [5.74, 6) is 1.12. The van der Waals surface area contributed by atoms with Crippen LogP contribution >= 0.6 is 11.6 Å². The summed E-state index contributed by atoms with van der Waals surface area (Å²) in [6.07, 6.45) is 0.194. The van der Waals surface area contributed by atoms with Gasteiger partial charge in [-0.2, -0.15) is 54.8 Å². The molecule has 1 saturated heterocycles. The number of alkyl halides is 1. The van der Waals surface area contributed by atoms with Crippen LogP contribution in [0, 0.1) is 13.8 Å². The molecule has 718 valence electrons. The Kier molecular flexibility index (Phi) is 37.7. The number of aliphatic hydroxyl groups excluding tert-OH is 1. The molecule has 0 radical (unpaired) electrons. The van der Waals surface area contributed by atoms with Gasteiger partial charge in [-0.05, 0) is 136 Å². The van der Waals surface area contributed by atoms with Crippen LogP contribution in [-0.2, 0) is 68.8 Å². The minimum atomic E-state index is -1.11. The smallest absolute Gasteiger partial charge is 0.341 e. The predicted octanol–water partition coefficient (Wildman–Crippen LogP) is 9.59. The number of nitrogens with one attached hydrogen (secondary N) is 2. The number of aliphatic hydroxyl groups is 1. The number of anilines is 6. The van der Waals surface area contributed by atoms with Crippen LogP contribution in [0.5, 0.6) is 70.6 Å². The molecule has 0 spiro atoms. The number of phenolic OH excluding ortho intramolecular Hbond substituents is 2. The fourth-order valence-electron chi connectivity index (χ4n) is 13.1. The summed E-state index contributed by atoms with van der Waals surface area (Å²) in [4.78, 5) is 110. The molecular weight excluding hydrogens is 1780 g/mol. The number of aromatic carboxylic acids is 1. The van der Waals surface area contributed by atoms with E-state index in [2.05, 4.69) is 85.6 Å². The number of aryl methyl sites for hydroxylation is 2. The average Bonchev–Trinajstić information content (AvgIpc) is 1.64. The molecule has 2 aliphatic heterocycles. The van der Waals surface area contributed by atoms with Gasteiger partial charge in [0, 0.05) is 48.7 Å². The van der Waals surface area contributed by atoms with Gasteiger partial charge in [0.05, 0.1) is 130 Å². The lowest BCUT2D eigenvalue weighted by atomic mass is 10.1. The number of benzene rings is 6. The van der Waals surface area contributed by atoms with Crippen molar-refractivity contribution in [3.05, 3.63) is 182 Å². The van der Waals surface area contributed by atoms with E-state index >= 15 is 0 Å². The number of carbonyl (C=O) groups excluding carboxylic acids is 4. The number of esters is 3. The number of rotatable bonds is 28. The first-order chi connectivity index (χ1) is 64.9. The highest BCUT2D eigenvalue weighted by molar-refractivity contribution is 6.17. The third-order valence-electron chi connectivity index (χ3n) is 19.7. The number of H-pyrrole nitrogens is 1. The van der Waals surface area contributed by atoms with Crippen molar-refractivity contribution in [1.82, 2.24) is 73.8 Å². The summed E-state index contributed by atoms with van der Waals surface area (Å²) in [5.41, 5.74) is 35.0. The van der Waals surface area contributed by atoms with Crippen molar-refractivity contribution < 1.29 is 111 Å². The molecule has 9 heterocycles. The third-order valence-corrected chi connectivity index (χ3v) is 20.0. The van der Waals surface area contributed by atoms with Gasteiger partial charge in [-0.1, -0.05) is 48.5 Å². The van der Waals surface area contributed by atoms with Crippen LogP contribution in [0.4, 0.5) is 35.0 Å². The number of halogens is 1. The number of hydrogen-bond acceptors (Lipinski definition) is 39. The normalized spacial score (nSPS) is 11.7. The van der Waals surface area contributed by atoms with Crippen LogP contribution in [0.2, 0.25) is 0 Å². The molecule has 2 aliphatic rings. The van der Waals surface area contributed by atoms with Gasteiger partial charge >= 0.3 is 41.9 Å². The number of nitrogen functional groups attached to an aromatic ring is 4. The minimum Gasteiger partial charge on any atom is -0.507 e. The standard InChI is InChI=1S/C21H27N5O4.C18H21N5O5.C17H21N5O4.C9H9ClO3.C9H10O3.C8H12N6O.C8H8O3/c1-3-30-21-23-19(22)16-11-18(27)26(20(16)24-21)12-14-4-5-15(17(10-14)28-2)13-25-6-8-29-9-7-25;1-5-28-17-21-14(19)13-15(22-17)23(18(20-13)27-4)9-10-6-7-11(16(24)26-3)12(8-10)25-2;1-4-26-16-20-14(18)13-15(21-16)22(17(19-13)25-3)8-10-5-6-11(9-23)12(7-10)24-2;1-13-9(12)7-3-2-6(5-10)4-8(7)11;1-6-3-4-7(8(10)5-6)9(11)12-2;1-3-10-7-12-5(9)4-6(13-7)14-8(11-4)15-2;1-5-2-3-6(8(10)11)7(9)4-5/h4-5,10H,3,6-9,11-13H2,1-2H3,(H2,22,23,24);6-8H,5,9H2,1-4H3,(H2,19,21,22);5-7,23H,4,8-9H2,1-3H3,(H2,18,20,21);2-4,11H,5H2,1H3;3-5,10H,1-2H3;3H2,1-2H3,(H4,9,10,11,12,13,14);2-4,9H,1H3,(H,10,11). The van der Waals surface area contributed by atoms with Crippen molar-refractivity contribution in [1.29, 1.82) is 0 Å². The average molecular weight is 1890 g/mol. The second kappa shape index (κ2) is 49.4. The second-order valence-corrected chi connectivity index (χ2v) is 29.0. The Morgan fingerprint density at radius 1 is 0.489 bits per heavy atom. The van der Waals surface area contributed by atoms with Crippen molar-refractivity contribution >= 4 is 110 Å². The molecule has 1 fully saturated rings. The number of amides is 1. The Morgan fingerprint density at radius 2 is 0.948 bits per heavy atom. The summed E-state index contributed by atoms with van der Waals surface area (Å²) < 4.78 is 70.8. The SMILES string of the molecule is CCNc1nc(N)c2[nH]c(OC)nc2n1.CCOc1nc(N)c2c(n1)N(Cc1ccc(CN3CCOCC3)c(OC)c1)C(=O)C2.CCOc1nc(N)c2nc(OC)n(Cc3ccc(C(=O)OC)c(OC)c3)c2n1.CCOc1nc(N)c2nc(OC)n(Cc3ccc(CO)c(OC)c3)c2n1.COC(=O)c1ccc(C)cc1O.COC(=O)c1ccc(CCl)cc1O.Cc1ccc(C(=O)O)c(O)c1. The lowest BCUT2D eigenvalue weighted by Gasteiger charge is -2.27. The molecule has 0 unspecified atom stereocenters. The molecule has 6 aromatic carbocycles. The van der Waals surface area contributed by atoms with E-state index in [4.69, 9.17) is 96.9 Å². The van der Waals surface area contributed by atoms with E-state index in [1.54, 1.807) is 71.6 Å². The van der Waals surface area contributed by atoms with E-state index in [1.807, 2.05) is 65.0 Å². The van der Waals surface area contributed by atoms with Gasteiger partial charge in [0.25, 0.3) is 18.0 Å². The first-order valence-electron chi connectivity index (χ1n) is 41.6. The van der Waals surface area contributed by atoms with Gasteiger partial charge in [0.2, 0.25) is 11.9 Å². The van der Waals surface area contributed by atoms with Gasteiger partial charge < -0.3 is 120 Å². The van der Waals surface area contributed by atoms with E-state index in [0.29, 0.717) is 143 Å². The van der Waals surface area contributed by atoms with Crippen molar-refractivity contribution in [3.8, 4) is 70.6 Å². The molecule has 135 heavy (non-hydrogen) atoms.